The SMILES string of the molecule is O=C(O)CCC(NC(=O)C(CSC(=O)c1ccccc1)SC(=O)c1ccccc1)C(=O)O. The summed E-state index contributed by atoms with van der Waals surface area (Å²) in [6.07, 6.45) is -0.754. The molecule has 10 heteroatoms. The summed E-state index contributed by atoms with van der Waals surface area (Å²) in [6.45, 7) is 0. The van der Waals surface area contributed by atoms with Crippen LogP contribution in [0.2, 0.25) is 0 Å². The number of thioether (sulfide) groups is 2. The molecular weight excluding hydrogens is 454 g/mol. The van der Waals surface area contributed by atoms with Crippen molar-refractivity contribution in [2.75, 3.05) is 5.75 Å². The van der Waals surface area contributed by atoms with E-state index in [4.69, 9.17) is 5.11 Å². The molecule has 0 saturated carbocycles. The van der Waals surface area contributed by atoms with Gasteiger partial charge in [0.1, 0.15) is 11.3 Å². The number of carbonyl (C=O) groups excluding carboxylic acids is 3. The molecule has 2 aromatic carbocycles. The standard InChI is InChI=1S/C22H21NO7S2/c24-18(25)12-11-16(20(27)28)23-19(26)17(32-22(30)15-9-5-2-6-10-15)13-31-21(29)14-7-3-1-4-8-14/h1-10,16-17H,11-13H2,(H,23,26)(H,24,25)(H,27,28). The molecule has 0 fully saturated rings. The van der Waals surface area contributed by atoms with Crippen molar-refractivity contribution >= 4 is 51.6 Å². The summed E-state index contributed by atoms with van der Waals surface area (Å²) in [5.41, 5.74) is 0.788. The minimum absolute atomic E-state index is 0.0753. The quantitative estimate of drug-likeness (QED) is 0.448. The zero-order chi connectivity index (χ0) is 23.5. The van der Waals surface area contributed by atoms with Crippen LogP contribution in [0.3, 0.4) is 0 Å². The second-order valence-electron chi connectivity index (χ2n) is 6.56. The maximum atomic E-state index is 12.8. The smallest absolute Gasteiger partial charge is 0.326 e. The predicted octanol–water partition coefficient (Wildman–Crippen LogP) is 2.94. The summed E-state index contributed by atoms with van der Waals surface area (Å²) in [7, 11) is 0. The van der Waals surface area contributed by atoms with E-state index in [2.05, 4.69) is 5.32 Å². The van der Waals surface area contributed by atoms with Crippen molar-refractivity contribution < 1.29 is 34.2 Å². The lowest BCUT2D eigenvalue weighted by Gasteiger charge is -2.19. The highest BCUT2D eigenvalue weighted by Gasteiger charge is 2.29. The van der Waals surface area contributed by atoms with Crippen LogP contribution in [-0.4, -0.2) is 55.3 Å². The molecule has 3 N–H and O–H groups in total. The normalized spacial score (nSPS) is 12.4. The van der Waals surface area contributed by atoms with E-state index in [1.807, 2.05) is 0 Å². The summed E-state index contributed by atoms with van der Waals surface area (Å²) in [6, 6.07) is 15.2. The molecule has 0 saturated heterocycles. The summed E-state index contributed by atoms with van der Waals surface area (Å²) in [5, 5.41) is 18.6. The minimum atomic E-state index is -1.43. The van der Waals surface area contributed by atoms with Gasteiger partial charge < -0.3 is 15.5 Å². The van der Waals surface area contributed by atoms with Gasteiger partial charge in [0.05, 0.1) is 0 Å². The highest BCUT2D eigenvalue weighted by Crippen LogP contribution is 2.24. The molecular formula is C22H21NO7S2. The van der Waals surface area contributed by atoms with Crippen molar-refractivity contribution in [2.45, 2.75) is 24.1 Å². The van der Waals surface area contributed by atoms with Crippen molar-refractivity contribution in [3.8, 4) is 0 Å². The van der Waals surface area contributed by atoms with E-state index in [1.165, 1.54) is 0 Å². The molecule has 2 rings (SSSR count). The number of amides is 1. The third kappa shape index (κ3) is 8.20. The fraction of sp³-hybridized carbons (Fsp3) is 0.227. The van der Waals surface area contributed by atoms with Gasteiger partial charge >= 0.3 is 11.9 Å². The van der Waals surface area contributed by atoms with E-state index in [1.54, 1.807) is 60.7 Å². The molecule has 1 amide bonds. The maximum Gasteiger partial charge on any atom is 0.326 e. The van der Waals surface area contributed by atoms with Crippen LogP contribution in [0.4, 0.5) is 0 Å². The first-order valence-corrected chi connectivity index (χ1v) is 11.4. The maximum absolute atomic E-state index is 12.8. The highest BCUT2D eigenvalue weighted by atomic mass is 32.2. The predicted molar refractivity (Wildman–Crippen MR) is 122 cm³/mol. The van der Waals surface area contributed by atoms with Crippen LogP contribution < -0.4 is 5.32 Å². The molecule has 0 spiro atoms. The summed E-state index contributed by atoms with van der Waals surface area (Å²) in [4.78, 5) is 60.0. The molecule has 0 aromatic heterocycles. The Morgan fingerprint density at radius 3 is 1.84 bits per heavy atom. The fourth-order valence-corrected chi connectivity index (χ4v) is 4.47. The number of benzene rings is 2. The van der Waals surface area contributed by atoms with Gasteiger partial charge in [-0.05, 0) is 6.42 Å². The number of hydrogen-bond donors (Lipinski definition) is 3. The Kier molecular flexibility index (Phi) is 9.96. The number of hydrogen-bond acceptors (Lipinski definition) is 7. The first kappa shape index (κ1) is 25.2. The van der Waals surface area contributed by atoms with Crippen LogP contribution in [0.15, 0.2) is 60.7 Å². The van der Waals surface area contributed by atoms with Crippen molar-refractivity contribution in [2.24, 2.45) is 0 Å². The van der Waals surface area contributed by atoms with Crippen LogP contribution in [-0.2, 0) is 14.4 Å². The Balaban J connectivity index is 2.13. The highest BCUT2D eigenvalue weighted by molar-refractivity contribution is 8.18. The van der Waals surface area contributed by atoms with Crippen molar-refractivity contribution in [3.05, 3.63) is 71.8 Å². The van der Waals surface area contributed by atoms with Gasteiger partial charge in [-0.15, -0.1) is 0 Å². The van der Waals surface area contributed by atoms with Crippen molar-refractivity contribution in [3.63, 3.8) is 0 Å². The average Bonchev–Trinajstić information content (AvgIpc) is 2.79. The summed E-state index contributed by atoms with van der Waals surface area (Å²) in [5.74, 6) is -3.41. The lowest BCUT2D eigenvalue weighted by molar-refractivity contribution is -0.142. The van der Waals surface area contributed by atoms with Gasteiger partial charge in [-0.1, -0.05) is 84.2 Å². The number of aliphatic carboxylic acids is 2. The minimum Gasteiger partial charge on any atom is -0.481 e. The topological polar surface area (TPSA) is 138 Å². The van der Waals surface area contributed by atoms with Gasteiger partial charge in [0, 0.05) is 23.3 Å². The molecule has 32 heavy (non-hydrogen) atoms. The Hall–Kier alpha value is -3.11. The van der Waals surface area contributed by atoms with E-state index in [0.717, 1.165) is 11.8 Å². The first-order valence-electron chi connectivity index (χ1n) is 9.51. The van der Waals surface area contributed by atoms with Gasteiger partial charge in [-0.2, -0.15) is 0 Å². The lowest BCUT2D eigenvalue weighted by atomic mass is 10.1. The molecule has 2 unspecified atom stereocenters. The van der Waals surface area contributed by atoms with Gasteiger partial charge in [0.2, 0.25) is 16.1 Å². The number of carbonyl (C=O) groups is 5. The fourth-order valence-electron chi connectivity index (χ4n) is 2.53. The van der Waals surface area contributed by atoms with Crippen molar-refractivity contribution in [1.82, 2.24) is 5.32 Å². The largest absolute Gasteiger partial charge is 0.481 e. The molecule has 2 atom stereocenters. The zero-order valence-corrected chi connectivity index (χ0v) is 18.4. The average molecular weight is 476 g/mol. The van der Waals surface area contributed by atoms with Gasteiger partial charge in [-0.3, -0.25) is 19.2 Å². The zero-order valence-electron chi connectivity index (χ0n) is 16.8. The third-order valence-electron chi connectivity index (χ3n) is 4.19. The molecule has 0 aliphatic heterocycles. The third-order valence-corrected chi connectivity index (χ3v) is 6.51. The van der Waals surface area contributed by atoms with Crippen LogP contribution in [0.5, 0.6) is 0 Å². The Labute approximate surface area is 192 Å². The summed E-state index contributed by atoms with van der Waals surface area (Å²) < 4.78 is 0. The number of nitrogens with one attached hydrogen (secondary N) is 1. The Morgan fingerprint density at radius 1 is 0.812 bits per heavy atom. The van der Waals surface area contributed by atoms with E-state index in [-0.39, 0.29) is 17.3 Å². The second kappa shape index (κ2) is 12.7. The monoisotopic (exact) mass is 475 g/mol. The lowest BCUT2D eigenvalue weighted by Crippen LogP contribution is -2.45. The van der Waals surface area contributed by atoms with Crippen LogP contribution in [0.1, 0.15) is 33.6 Å². The molecule has 2 aromatic rings. The molecule has 0 aliphatic rings. The van der Waals surface area contributed by atoms with Gasteiger partial charge in [0.25, 0.3) is 0 Å². The van der Waals surface area contributed by atoms with E-state index >= 15 is 0 Å². The van der Waals surface area contributed by atoms with Crippen LogP contribution >= 0.6 is 23.5 Å². The Bertz CT molecular complexity index is 967. The Morgan fingerprint density at radius 2 is 1.34 bits per heavy atom. The van der Waals surface area contributed by atoms with Gasteiger partial charge in [-0.25, -0.2) is 4.79 Å². The summed E-state index contributed by atoms with van der Waals surface area (Å²) >= 11 is 1.53. The molecule has 8 nitrogen and oxygen atoms in total. The molecule has 0 aliphatic carbocycles. The second-order valence-corrected chi connectivity index (χ2v) is 8.72. The number of rotatable bonds is 11. The van der Waals surface area contributed by atoms with Crippen LogP contribution in [0.25, 0.3) is 0 Å². The number of carboxylic acid groups (broad SMARTS) is 2. The van der Waals surface area contributed by atoms with Gasteiger partial charge in [0.15, 0.2) is 0 Å². The van der Waals surface area contributed by atoms with Crippen LogP contribution in [0, 0.1) is 0 Å². The molecule has 0 radical (unpaired) electrons. The molecule has 0 bridgehead atoms. The van der Waals surface area contributed by atoms with E-state index in [9.17, 15) is 29.1 Å². The molecule has 0 heterocycles. The first-order chi connectivity index (χ1) is 15.3. The molecule has 168 valence electrons. The van der Waals surface area contributed by atoms with E-state index in [0.29, 0.717) is 22.9 Å². The van der Waals surface area contributed by atoms with Crippen molar-refractivity contribution in [1.29, 1.82) is 0 Å². The van der Waals surface area contributed by atoms with E-state index < -0.39 is 40.7 Å². The number of carboxylic acids is 2.